The van der Waals surface area contributed by atoms with E-state index in [-0.39, 0.29) is 22.9 Å². The number of benzene rings is 1. The minimum absolute atomic E-state index is 0.0373. The number of halogens is 1. The molecule has 0 radical (unpaired) electrons. The number of hydrogen-bond donors (Lipinski definition) is 0. The molecule has 0 N–H and O–H groups in total. The van der Waals surface area contributed by atoms with Crippen LogP contribution in [0, 0.1) is 5.82 Å². The van der Waals surface area contributed by atoms with Crippen molar-refractivity contribution < 1.29 is 13.3 Å². The van der Waals surface area contributed by atoms with Crippen LogP contribution < -0.4 is 5.56 Å². The van der Waals surface area contributed by atoms with Crippen LogP contribution in [0.3, 0.4) is 0 Å². The van der Waals surface area contributed by atoms with Gasteiger partial charge >= 0.3 is 0 Å². The second-order valence-electron chi connectivity index (χ2n) is 9.18. The van der Waals surface area contributed by atoms with Crippen molar-refractivity contribution in [3.63, 3.8) is 0 Å². The van der Waals surface area contributed by atoms with Crippen molar-refractivity contribution >= 4 is 27.6 Å². The molecule has 0 amide bonds. The standard InChI is InChI=1S/C22H28FN3O3S/c1-13(25-30(28)22(2,3)4)17-10-15(23)11-18-19(17)24-20(14-6-5-9-29-12-14)26(21(18)27)16-7-8-16/h10-11,14,16H,5-9,12H2,1-4H3/t14?,30-/m1/s1. The van der Waals surface area contributed by atoms with E-state index in [9.17, 15) is 13.4 Å². The summed E-state index contributed by atoms with van der Waals surface area (Å²) in [4.78, 5) is 18.3. The predicted molar refractivity (Wildman–Crippen MR) is 117 cm³/mol. The van der Waals surface area contributed by atoms with E-state index in [1.54, 1.807) is 11.5 Å². The maximum atomic E-state index is 14.5. The maximum absolute atomic E-state index is 14.5. The van der Waals surface area contributed by atoms with Gasteiger partial charge in [0.2, 0.25) is 0 Å². The van der Waals surface area contributed by atoms with Crippen LogP contribution >= 0.6 is 0 Å². The molecule has 0 bridgehead atoms. The van der Waals surface area contributed by atoms with Gasteiger partial charge in [0.25, 0.3) is 5.56 Å². The Balaban J connectivity index is 1.94. The lowest BCUT2D eigenvalue weighted by atomic mass is 9.99. The Labute approximate surface area is 178 Å². The van der Waals surface area contributed by atoms with Gasteiger partial charge in [-0.25, -0.2) is 13.6 Å². The zero-order chi connectivity index (χ0) is 21.6. The summed E-state index contributed by atoms with van der Waals surface area (Å²) in [6, 6.07) is 2.71. The topological polar surface area (TPSA) is 73.5 Å². The quantitative estimate of drug-likeness (QED) is 0.682. The van der Waals surface area contributed by atoms with Gasteiger partial charge in [-0.3, -0.25) is 9.36 Å². The molecule has 1 aromatic heterocycles. The largest absolute Gasteiger partial charge is 0.381 e. The highest BCUT2D eigenvalue weighted by Gasteiger charge is 2.32. The summed E-state index contributed by atoms with van der Waals surface area (Å²) in [6.45, 7) is 8.43. The molecular weight excluding hydrogens is 405 g/mol. The minimum Gasteiger partial charge on any atom is -0.381 e. The SMILES string of the molecule is CC(=N[S@](=O)C(C)(C)C)c1cc(F)cc2c(=O)n(C3CC3)c(C3CCCOC3)nc12. The Bertz CT molecular complexity index is 1090. The monoisotopic (exact) mass is 433 g/mol. The van der Waals surface area contributed by atoms with E-state index in [1.807, 2.05) is 20.8 Å². The molecule has 1 aliphatic carbocycles. The van der Waals surface area contributed by atoms with Crippen LogP contribution in [0.5, 0.6) is 0 Å². The van der Waals surface area contributed by atoms with Gasteiger partial charge in [0, 0.05) is 24.1 Å². The van der Waals surface area contributed by atoms with Gasteiger partial charge in [0.05, 0.1) is 28.0 Å². The Morgan fingerprint density at radius 3 is 2.63 bits per heavy atom. The second kappa shape index (κ2) is 7.96. The van der Waals surface area contributed by atoms with Crippen molar-refractivity contribution in [2.75, 3.05) is 13.2 Å². The summed E-state index contributed by atoms with van der Waals surface area (Å²) >= 11 is 0. The fraction of sp³-hybridized carbons (Fsp3) is 0.591. The van der Waals surface area contributed by atoms with Crippen LogP contribution in [0.15, 0.2) is 21.3 Å². The fourth-order valence-corrected chi connectivity index (χ4v) is 4.41. The number of ether oxygens (including phenoxy) is 1. The maximum Gasteiger partial charge on any atom is 0.261 e. The average Bonchev–Trinajstić information content (AvgIpc) is 3.52. The number of fused-ring (bicyclic) bond motifs is 1. The van der Waals surface area contributed by atoms with Gasteiger partial charge in [0.1, 0.15) is 22.6 Å². The van der Waals surface area contributed by atoms with Crippen molar-refractivity contribution in [2.24, 2.45) is 4.40 Å². The van der Waals surface area contributed by atoms with E-state index in [0.717, 1.165) is 32.3 Å². The highest BCUT2D eigenvalue weighted by atomic mass is 32.2. The van der Waals surface area contributed by atoms with E-state index in [2.05, 4.69) is 4.40 Å². The summed E-state index contributed by atoms with van der Waals surface area (Å²) in [5, 5.41) is 0.244. The van der Waals surface area contributed by atoms with E-state index in [4.69, 9.17) is 9.72 Å². The molecule has 1 saturated carbocycles. The Hall–Kier alpha value is -1.93. The highest BCUT2D eigenvalue weighted by Crippen LogP contribution is 2.38. The third kappa shape index (κ3) is 4.12. The second-order valence-corrected chi connectivity index (χ2v) is 11.1. The minimum atomic E-state index is -1.50. The molecule has 4 rings (SSSR count). The van der Waals surface area contributed by atoms with Gasteiger partial charge in [-0.1, -0.05) is 0 Å². The third-order valence-electron chi connectivity index (χ3n) is 5.57. The fourth-order valence-electron chi connectivity index (χ4n) is 3.79. The van der Waals surface area contributed by atoms with Crippen LogP contribution in [-0.4, -0.2) is 37.4 Å². The van der Waals surface area contributed by atoms with Crippen LogP contribution in [0.1, 0.15) is 76.7 Å². The molecule has 2 aliphatic rings. The van der Waals surface area contributed by atoms with Crippen molar-refractivity contribution in [3.8, 4) is 0 Å². The normalized spacial score (nSPS) is 21.8. The lowest BCUT2D eigenvalue weighted by molar-refractivity contribution is 0.0766. The van der Waals surface area contributed by atoms with Crippen LogP contribution in [0.25, 0.3) is 10.9 Å². The molecule has 162 valence electrons. The van der Waals surface area contributed by atoms with Gasteiger partial charge in [-0.2, -0.15) is 4.40 Å². The van der Waals surface area contributed by atoms with Crippen LogP contribution in [-0.2, 0) is 15.7 Å². The predicted octanol–water partition coefficient (Wildman–Crippen LogP) is 4.04. The zero-order valence-electron chi connectivity index (χ0n) is 17.9. The summed E-state index contributed by atoms with van der Waals surface area (Å²) in [5.41, 5.74) is 1.04. The highest BCUT2D eigenvalue weighted by molar-refractivity contribution is 7.85. The number of nitrogens with zero attached hydrogens (tertiary/aromatic N) is 3. The van der Waals surface area contributed by atoms with Gasteiger partial charge < -0.3 is 4.74 Å². The van der Waals surface area contributed by atoms with E-state index >= 15 is 0 Å². The molecule has 2 fully saturated rings. The number of aromatic nitrogens is 2. The lowest BCUT2D eigenvalue weighted by Crippen LogP contribution is -2.30. The Kier molecular flexibility index (Phi) is 5.66. The lowest BCUT2D eigenvalue weighted by Gasteiger charge is -2.25. The Morgan fingerprint density at radius 2 is 2.03 bits per heavy atom. The molecule has 1 saturated heterocycles. The summed E-state index contributed by atoms with van der Waals surface area (Å²) < 4.78 is 38.2. The van der Waals surface area contributed by atoms with E-state index < -0.39 is 21.5 Å². The first-order chi connectivity index (χ1) is 14.2. The molecule has 2 atom stereocenters. The molecule has 6 nitrogen and oxygen atoms in total. The van der Waals surface area contributed by atoms with Gasteiger partial charge in [-0.15, -0.1) is 0 Å². The van der Waals surface area contributed by atoms with Crippen molar-refractivity contribution in [3.05, 3.63) is 39.7 Å². The molecule has 30 heavy (non-hydrogen) atoms. The van der Waals surface area contributed by atoms with E-state index in [0.29, 0.717) is 29.2 Å². The van der Waals surface area contributed by atoms with Gasteiger partial charge in [-0.05, 0) is 65.5 Å². The van der Waals surface area contributed by atoms with Crippen LogP contribution in [0.4, 0.5) is 4.39 Å². The Morgan fingerprint density at radius 1 is 1.30 bits per heavy atom. The van der Waals surface area contributed by atoms with Crippen molar-refractivity contribution in [2.45, 2.75) is 70.1 Å². The van der Waals surface area contributed by atoms with Crippen molar-refractivity contribution in [1.82, 2.24) is 9.55 Å². The molecule has 2 heterocycles. The van der Waals surface area contributed by atoms with E-state index in [1.165, 1.54) is 12.1 Å². The first-order valence-electron chi connectivity index (χ1n) is 10.5. The molecule has 0 spiro atoms. The molecule has 8 heteroatoms. The third-order valence-corrected chi connectivity index (χ3v) is 7.06. The summed E-state index contributed by atoms with van der Waals surface area (Å²) in [5.74, 6) is 0.228. The zero-order valence-corrected chi connectivity index (χ0v) is 18.7. The number of rotatable bonds is 4. The molecule has 1 aromatic carbocycles. The first kappa shape index (κ1) is 21.3. The molecule has 1 aliphatic heterocycles. The van der Waals surface area contributed by atoms with Crippen molar-refractivity contribution in [1.29, 1.82) is 0 Å². The molecule has 1 unspecified atom stereocenters. The number of hydrogen-bond acceptors (Lipinski definition) is 4. The molecular formula is C22H28FN3O3S. The smallest absolute Gasteiger partial charge is 0.261 e. The average molecular weight is 434 g/mol. The van der Waals surface area contributed by atoms with Gasteiger partial charge in [0.15, 0.2) is 0 Å². The summed E-state index contributed by atoms with van der Waals surface area (Å²) in [6.07, 6.45) is 3.69. The first-order valence-corrected chi connectivity index (χ1v) is 11.6. The molecule has 2 aromatic rings. The van der Waals surface area contributed by atoms with Crippen LogP contribution in [0.2, 0.25) is 0 Å². The summed E-state index contributed by atoms with van der Waals surface area (Å²) in [7, 11) is -1.50.